The molecule has 0 spiro atoms. The number of rotatable bonds is 3. The van der Waals surface area contributed by atoms with Gasteiger partial charge in [-0.25, -0.2) is 4.79 Å². The summed E-state index contributed by atoms with van der Waals surface area (Å²) < 4.78 is 3.93. The van der Waals surface area contributed by atoms with Crippen molar-refractivity contribution in [1.29, 1.82) is 0 Å². The van der Waals surface area contributed by atoms with Crippen molar-refractivity contribution in [1.82, 2.24) is 0 Å². The molecule has 0 aromatic rings. The van der Waals surface area contributed by atoms with Gasteiger partial charge in [0.05, 0.1) is 6.42 Å². The van der Waals surface area contributed by atoms with Gasteiger partial charge in [0.2, 0.25) is 5.78 Å². The van der Waals surface area contributed by atoms with E-state index < -0.39 is 29.9 Å². The van der Waals surface area contributed by atoms with Crippen LogP contribution in [-0.4, -0.2) is 23.5 Å². The maximum Gasteiger partial charge on any atom is 0.382 e. The number of carbonyl (C=O) groups excluding carboxylic acids is 4. The Morgan fingerprint density at radius 2 is 1.54 bits per heavy atom. The molecule has 0 aliphatic carbocycles. The maximum atomic E-state index is 10.6. The molecule has 13 heavy (non-hydrogen) atoms. The van der Waals surface area contributed by atoms with Crippen LogP contribution in [-0.2, 0) is 50.1 Å². The third-order valence-corrected chi connectivity index (χ3v) is 0.874. The molecule has 0 N–H and O–H groups in total. The van der Waals surface area contributed by atoms with Gasteiger partial charge >= 0.3 is 11.9 Å². The number of Topliss-reactive ketones (excluding diaryl/α,β-unsaturated/α-hetero) is 2. The Bertz CT molecular complexity index is 219. The Balaban J connectivity index is 0. The number of hydrogen-bond acceptors (Lipinski definition) is 5. The minimum atomic E-state index is -1.28. The Hall–Kier alpha value is -0.637. The molecule has 0 aromatic heterocycles. The standard InChI is InChI=1S/C7H8O5.Zr/c1-4(8)3-6(10)7(11)12-5(2)9;/h3H2,1-2H3;. The van der Waals surface area contributed by atoms with Crippen LogP contribution in [0.5, 0.6) is 0 Å². The van der Waals surface area contributed by atoms with Gasteiger partial charge in [-0.2, -0.15) is 0 Å². The molecule has 5 nitrogen and oxygen atoms in total. The number of hydrogen-bond donors (Lipinski definition) is 0. The number of esters is 2. The predicted octanol–water partition coefficient (Wildman–Crippen LogP) is -0.378. The second kappa shape index (κ2) is 6.83. The van der Waals surface area contributed by atoms with E-state index in [9.17, 15) is 19.2 Å². The second-order valence-corrected chi connectivity index (χ2v) is 2.18. The van der Waals surface area contributed by atoms with Crippen molar-refractivity contribution in [2.75, 3.05) is 0 Å². The first-order valence-electron chi connectivity index (χ1n) is 3.18. The topological polar surface area (TPSA) is 77.5 Å². The Labute approximate surface area is 93.9 Å². The van der Waals surface area contributed by atoms with Gasteiger partial charge in [-0.15, -0.1) is 0 Å². The van der Waals surface area contributed by atoms with Crippen LogP contribution in [0, 0.1) is 0 Å². The van der Waals surface area contributed by atoms with Gasteiger partial charge in [-0.1, -0.05) is 0 Å². The van der Waals surface area contributed by atoms with Crippen LogP contribution in [0.15, 0.2) is 0 Å². The summed E-state index contributed by atoms with van der Waals surface area (Å²) >= 11 is 0. The van der Waals surface area contributed by atoms with Crippen molar-refractivity contribution in [2.45, 2.75) is 20.3 Å². The summed E-state index contributed by atoms with van der Waals surface area (Å²) in [6, 6.07) is 0. The van der Waals surface area contributed by atoms with Gasteiger partial charge < -0.3 is 4.74 Å². The summed E-state index contributed by atoms with van der Waals surface area (Å²) in [5.41, 5.74) is 0. The van der Waals surface area contributed by atoms with Crippen LogP contribution in [0.25, 0.3) is 0 Å². The molecule has 0 saturated heterocycles. The zero-order chi connectivity index (χ0) is 9.72. The zero-order valence-corrected chi connectivity index (χ0v) is 9.71. The van der Waals surface area contributed by atoms with Gasteiger partial charge in [0.15, 0.2) is 0 Å². The molecule has 0 atom stereocenters. The van der Waals surface area contributed by atoms with Crippen molar-refractivity contribution < 1.29 is 50.1 Å². The molecule has 0 unspecified atom stereocenters. The van der Waals surface area contributed by atoms with Crippen molar-refractivity contribution in [3.05, 3.63) is 0 Å². The molecule has 6 heteroatoms. The summed E-state index contributed by atoms with van der Waals surface area (Å²) in [4.78, 5) is 41.7. The van der Waals surface area contributed by atoms with Gasteiger partial charge in [0.1, 0.15) is 5.78 Å². The van der Waals surface area contributed by atoms with Crippen molar-refractivity contribution in [3.63, 3.8) is 0 Å². The summed E-state index contributed by atoms with van der Waals surface area (Å²) in [6.07, 6.45) is -0.522. The smallest absolute Gasteiger partial charge is 0.382 e. The summed E-state index contributed by atoms with van der Waals surface area (Å²) in [6.45, 7) is 2.16. The second-order valence-electron chi connectivity index (χ2n) is 2.18. The maximum absolute atomic E-state index is 10.6. The van der Waals surface area contributed by atoms with Gasteiger partial charge in [-0.3, -0.25) is 14.4 Å². The van der Waals surface area contributed by atoms with Crippen LogP contribution in [0.2, 0.25) is 0 Å². The van der Waals surface area contributed by atoms with E-state index >= 15 is 0 Å². The molecule has 0 saturated carbocycles. The average Bonchev–Trinajstić information content (AvgIpc) is 1.84. The van der Waals surface area contributed by atoms with Gasteiger partial charge in [-0.05, 0) is 6.92 Å². The van der Waals surface area contributed by atoms with E-state index in [-0.39, 0.29) is 26.2 Å². The van der Waals surface area contributed by atoms with Crippen molar-refractivity contribution >= 4 is 23.5 Å². The molecule has 0 heterocycles. The number of carbonyl (C=O) groups is 4. The van der Waals surface area contributed by atoms with Crippen molar-refractivity contribution in [2.24, 2.45) is 0 Å². The molecular formula is C7H8O5Zr. The molecule has 0 aromatic carbocycles. The van der Waals surface area contributed by atoms with Gasteiger partial charge in [0.25, 0.3) is 0 Å². The van der Waals surface area contributed by atoms with E-state index in [1.54, 1.807) is 0 Å². The van der Waals surface area contributed by atoms with Crippen LogP contribution < -0.4 is 0 Å². The van der Waals surface area contributed by atoms with E-state index in [0.29, 0.717) is 0 Å². The third-order valence-electron chi connectivity index (χ3n) is 0.874. The van der Waals surface area contributed by atoms with Crippen LogP contribution in [0.4, 0.5) is 0 Å². The summed E-state index contributed by atoms with van der Waals surface area (Å²) in [5, 5.41) is 0. The molecule has 0 bridgehead atoms. The Morgan fingerprint density at radius 3 is 1.85 bits per heavy atom. The first kappa shape index (κ1) is 14.9. The SMILES string of the molecule is CC(=O)CC(=O)C(=O)OC(C)=O.[Zr]. The van der Waals surface area contributed by atoms with Gasteiger partial charge in [0, 0.05) is 33.1 Å². The van der Waals surface area contributed by atoms with Crippen LogP contribution in [0.1, 0.15) is 20.3 Å². The summed E-state index contributed by atoms with van der Waals surface area (Å²) in [5.74, 6) is -3.59. The molecule has 0 radical (unpaired) electrons. The number of ether oxygens (including phenoxy) is 1. The third kappa shape index (κ3) is 7.72. The largest absolute Gasteiger partial charge is 0.387 e. The monoisotopic (exact) mass is 262 g/mol. The predicted molar refractivity (Wildman–Crippen MR) is 37.1 cm³/mol. The minimum Gasteiger partial charge on any atom is -0.387 e. The average molecular weight is 263 g/mol. The minimum absolute atomic E-state index is 0. The van der Waals surface area contributed by atoms with Crippen molar-refractivity contribution in [3.8, 4) is 0 Å². The van der Waals surface area contributed by atoms with Crippen LogP contribution in [0.3, 0.4) is 0 Å². The quantitative estimate of drug-likeness (QED) is 0.394. The first-order valence-corrected chi connectivity index (χ1v) is 3.18. The van der Waals surface area contributed by atoms with E-state index in [2.05, 4.69) is 4.74 Å². The fourth-order valence-electron chi connectivity index (χ4n) is 0.486. The zero-order valence-electron chi connectivity index (χ0n) is 7.25. The van der Waals surface area contributed by atoms with Crippen LogP contribution >= 0.6 is 0 Å². The first-order chi connectivity index (χ1) is 5.43. The van der Waals surface area contributed by atoms with E-state index in [1.807, 2.05) is 0 Å². The summed E-state index contributed by atoms with van der Waals surface area (Å²) in [7, 11) is 0. The van der Waals surface area contributed by atoms with E-state index in [0.717, 1.165) is 6.92 Å². The fourth-order valence-corrected chi connectivity index (χ4v) is 0.486. The normalized spacial score (nSPS) is 8.15. The molecule has 70 valence electrons. The molecular weight excluding hydrogens is 255 g/mol. The molecule has 0 aliphatic heterocycles. The van der Waals surface area contributed by atoms with E-state index in [1.165, 1.54) is 6.92 Å². The number of ketones is 2. The Kier molecular flexibility index (Phi) is 7.81. The Morgan fingerprint density at radius 1 is 1.08 bits per heavy atom. The van der Waals surface area contributed by atoms with E-state index in [4.69, 9.17) is 0 Å². The molecule has 0 amide bonds. The molecule has 0 fully saturated rings. The molecule has 0 rings (SSSR count). The fraction of sp³-hybridized carbons (Fsp3) is 0.429. The molecule has 0 aliphatic rings.